The maximum atomic E-state index is 11.3. The van der Waals surface area contributed by atoms with Gasteiger partial charge in [-0.25, -0.2) is 14.8 Å². The lowest BCUT2D eigenvalue weighted by atomic mass is 10.1. The Kier molecular flexibility index (Phi) is 4.67. The fourth-order valence-electron chi connectivity index (χ4n) is 2.09. The molecular weight excluding hydrogens is 330 g/mol. The predicted molar refractivity (Wildman–Crippen MR) is 88.0 cm³/mol. The van der Waals surface area contributed by atoms with E-state index in [0.29, 0.717) is 22.3 Å². The Morgan fingerprint density at radius 2 is 2.00 bits per heavy atom. The van der Waals surface area contributed by atoms with Crippen molar-refractivity contribution in [3.8, 4) is 17.1 Å². The van der Waals surface area contributed by atoms with E-state index in [2.05, 4.69) is 15.0 Å². The van der Waals surface area contributed by atoms with Gasteiger partial charge < -0.3 is 9.84 Å². The molecule has 0 amide bonds. The molecule has 2 aromatic heterocycles. The Morgan fingerprint density at radius 3 is 2.79 bits per heavy atom. The number of aromatic carboxylic acids is 1. The first kappa shape index (κ1) is 15.9. The van der Waals surface area contributed by atoms with Gasteiger partial charge in [0.25, 0.3) is 0 Å². The molecule has 120 valence electrons. The van der Waals surface area contributed by atoms with Crippen LogP contribution in [0, 0.1) is 0 Å². The minimum Gasteiger partial charge on any atom is -0.486 e. The average Bonchev–Trinajstić information content (AvgIpc) is 2.60. The highest BCUT2D eigenvalue weighted by Gasteiger charge is 2.14. The summed E-state index contributed by atoms with van der Waals surface area (Å²) in [5.74, 6) is -0.0523. The van der Waals surface area contributed by atoms with E-state index in [1.165, 1.54) is 12.3 Å². The van der Waals surface area contributed by atoms with Gasteiger partial charge in [0.2, 0.25) is 0 Å². The number of aromatic nitrogens is 3. The minimum absolute atomic E-state index is 0.0814. The van der Waals surface area contributed by atoms with Gasteiger partial charge in [-0.15, -0.1) is 0 Å². The topological polar surface area (TPSA) is 85.2 Å². The van der Waals surface area contributed by atoms with Crippen LogP contribution in [0.3, 0.4) is 0 Å². The molecule has 0 saturated carbocycles. The number of carbonyl (C=O) groups is 1. The SMILES string of the molecule is O=C(O)c1cccnc1-c1ccnc(COc2cccc(Cl)c2)n1. The van der Waals surface area contributed by atoms with Crippen molar-refractivity contribution >= 4 is 17.6 Å². The van der Waals surface area contributed by atoms with Crippen molar-refractivity contribution in [2.24, 2.45) is 0 Å². The number of halogens is 1. The van der Waals surface area contributed by atoms with E-state index in [1.807, 2.05) is 0 Å². The number of pyridine rings is 1. The Balaban J connectivity index is 1.83. The lowest BCUT2D eigenvalue weighted by Crippen LogP contribution is -2.05. The largest absolute Gasteiger partial charge is 0.486 e. The Labute approximate surface area is 142 Å². The standard InChI is InChI=1S/C17H12ClN3O3/c18-11-3-1-4-12(9-11)24-10-15-19-8-6-14(21-15)16-13(17(22)23)5-2-7-20-16/h1-9H,10H2,(H,22,23). The monoisotopic (exact) mass is 341 g/mol. The molecule has 0 spiro atoms. The maximum Gasteiger partial charge on any atom is 0.337 e. The first-order chi connectivity index (χ1) is 11.6. The highest BCUT2D eigenvalue weighted by atomic mass is 35.5. The van der Waals surface area contributed by atoms with Crippen LogP contribution in [0.4, 0.5) is 0 Å². The van der Waals surface area contributed by atoms with Gasteiger partial charge in [-0.2, -0.15) is 0 Å². The summed E-state index contributed by atoms with van der Waals surface area (Å²) in [7, 11) is 0. The molecule has 0 aliphatic heterocycles. The lowest BCUT2D eigenvalue weighted by molar-refractivity contribution is 0.0697. The van der Waals surface area contributed by atoms with Crippen LogP contribution in [0.1, 0.15) is 16.2 Å². The van der Waals surface area contributed by atoms with Gasteiger partial charge >= 0.3 is 5.97 Å². The van der Waals surface area contributed by atoms with Gasteiger partial charge in [0.05, 0.1) is 11.3 Å². The first-order valence-electron chi connectivity index (χ1n) is 7.02. The molecular formula is C17H12ClN3O3. The highest BCUT2D eigenvalue weighted by Crippen LogP contribution is 2.20. The molecule has 0 bridgehead atoms. The van der Waals surface area contributed by atoms with Gasteiger partial charge in [-0.3, -0.25) is 4.98 Å². The number of hydrogen-bond acceptors (Lipinski definition) is 5. The number of hydrogen-bond donors (Lipinski definition) is 1. The second-order valence-corrected chi connectivity index (χ2v) is 5.25. The quantitative estimate of drug-likeness (QED) is 0.764. The summed E-state index contributed by atoms with van der Waals surface area (Å²) in [6.07, 6.45) is 3.06. The third-order valence-electron chi connectivity index (χ3n) is 3.15. The van der Waals surface area contributed by atoms with Crippen LogP contribution >= 0.6 is 11.6 Å². The van der Waals surface area contributed by atoms with Gasteiger partial charge in [0.1, 0.15) is 18.1 Å². The zero-order chi connectivity index (χ0) is 16.9. The molecule has 1 N–H and O–H groups in total. The molecule has 0 fully saturated rings. The van der Waals surface area contributed by atoms with Crippen LogP contribution in [-0.2, 0) is 6.61 Å². The van der Waals surface area contributed by atoms with Crippen molar-refractivity contribution in [2.45, 2.75) is 6.61 Å². The number of carboxylic acid groups (broad SMARTS) is 1. The van der Waals surface area contributed by atoms with Gasteiger partial charge in [0.15, 0.2) is 5.82 Å². The summed E-state index contributed by atoms with van der Waals surface area (Å²) in [5.41, 5.74) is 0.794. The molecule has 7 heteroatoms. The number of carboxylic acids is 1. The molecule has 0 aliphatic rings. The number of rotatable bonds is 5. The molecule has 3 aromatic rings. The van der Waals surface area contributed by atoms with Crippen LogP contribution in [0.15, 0.2) is 54.9 Å². The van der Waals surface area contributed by atoms with E-state index in [0.717, 1.165) is 0 Å². The summed E-state index contributed by atoms with van der Waals surface area (Å²) in [6.45, 7) is 0.128. The van der Waals surface area contributed by atoms with Crippen molar-refractivity contribution in [3.63, 3.8) is 0 Å². The second kappa shape index (κ2) is 7.06. The van der Waals surface area contributed by atoms with Crippen LogP contribution in [0.5, 0.6) is 5.75 Å². The van der Waals surface area contributed by atoms with E-state index in [-0.39, 0.29) is 17.9 Å². The van der Waals surface area contributed by atoms with Crippen LogP contribution in [0.25, 0.3) is 11.4 Å². The minimum atomic E-state index is -1.06. The number of benzene rings is 1. The van der Waals surface area contributed by atoms with E-state index in [9.17, 15) is 9.90 Å². The van der Waals surface area contributed by atoms with Crippen molar-refractivity contribution in [2.75, 3.05) is 0 Å². The molecule has 0 radical (unpaired) electrons. The Bertz CT molecular complexity index is 886. The molecule has 0 saturated heterocycles. The van der Waals surface area contributed by atoms with Crippen LogP contribution in [0.2, 0.25) is 5.02 Å². The van der Waals surface area contributed by atoms with Crippen molar-refractivity contribution in [3.05, 3.63) is 71.3 Å². The fraction of sp³-hybridized carbons (Fsp3) is 0.0588. The molecule has 0 atom stereocenters. The lowest BCUT2D eigenvalue weighted by Gasteiger charge is -2.08. The van der Waals surface area contributed by atoms with Crippen LogP contribution in [-0.4, -0.2) is 26.0 Å². The van der Waals surface area contributed by atoms with Crippen molar-refractivity contribution in [1.29, 1.82) is 0 Å². The molecule has 1 aromatic carbocycles. The molecule has 0 unspecified atom stereocenters. The second-order valence-electron chi connectivity index (χ2n) is 4.81. The molecule has 0 aliphatic carbocycles. The van der Waals surface area contributed by atoms with Crippen molar-refractivity contribution < 1.29 is 14.6 Å². The van der Waals surface area contributed by atoms with E-state index in [4.69, 9.17) is 16.3 Å². The zero-order valence-corrected chi connectivity index (χ0v) is 13.1. The van der Waals surface area contributed by atoms with E-state index in [1.54, 1.807) is 42.6 Å². The third kappa shape index (κ3) is 3.67. The molecule has 2 heterocycles. The maximum absolute atomic E-state index is 11.3. The Hall–Kier alpha value is -2.99. The highest BCUT2D eigenvalue weighted by molar-refractivity contribution is 6.30. The number of nitrogens with zero attached hydrogens (tertiary/aromatic N) is 3. The normalized spacial score (nSPS) is 10.4. The van der Waals surface area contributed by atoms with E-state index >= 15 is 0 Å². The van der Waals surface area contributed by atoms with Crippen molar-refractivity contribution in [1.82, 2.24) is 15.0 Å². The van der Waals surface area contributed by atoms with Gasteiger partial charge in [-0.05, 0) is 36.4 Å². The fourth-order valence-corrected chi connectivity index (χ4v) is 2.27. The predicted octanol–water partition coefficient (Wildman–Crippen LogP) is 3.47. The van der Waals surface area contributed by atoms with E-state index < -0.39 is 5.97 Å². The Morgan fingerprint density at radius 1 is 1.12 bits per heavy atom. The average molecular weight is 342 g/mol. The first-order valence-corrected chi connectivity index (χ1v) is 7.40. The molecule has 24 heavy (non-hydrogen) atoms. The zero-order valence-electron chi connectivity index (χ0n) is 12.4. The summed E-state index contributed by atoms with van der Waals surface area (Å²) < 4.78 is 5.60. The van der Waals surface area contributed by atoms with Gasteiger partial charge in [-0.1, -0.05) is 17.7 Å². The number of ether oxygens (including phenoxy) is 1. The summed E-state index contributed by atoms with van der Waals surface area (Å²) in [5, 5.41) is 9.82. The van der Waals surface area contributed by atoms with Crippen LogP contribution < -0.4 is 4.74 Å². The summed E-state index contributed by atoms with van der Waals surface area (Å²) in [6, 6.07) is 11.6. The third-order valence-corrected chi connectivity index (χ3v) is 3.39. The molecule has 3 rings (SSSR count). The van der Waals surface area contributed by atoms with Gasteiger partial charge in [0, 0.05) is 17.4 Å². The molecule has 6 nitrogen and oxygen atoms in total. The smallest absolute Gasteiger partial charge is 0.337 e. The summed E-state index contributed by atoms with van der Waals surface area (Å²) in [4.78, 5) is 23.9. The summed E-state index contributed by atoms with van der Waals surface area (Å²) >= 11 is 5.90.